The molecule has 1 saturated carbocycles. The van der Waals surface area contributed by atoms with Gasteiger partial charge in [0.25, 0.3) is 0 Å². The molecule has 1 fully saturated rings. The molecule has 0 heterocycles. The van der Waals surface area contributed by atoms with Crippen LogP contribution in [0.4, 0.5) is 0 Å². The molecule has 1 aliphatic carbocycles. The van der Waals surface area contributed by atoms with Gasteiger partial charge in [0.1, 0.15) is 0 Å². The summed E-state index contributed by atoms with van der Waals surface area (Å²) in [5.74, 6) is 0. The average molecular weight is 168 g/mol. The molecule has 70 valence electrons. The Bertz CT molecular complexity index is 130. The van der Waals surface area contributed by atoms with E-state index in [0.717, 1.165) is 25.7 Å². The second-order valence-electron chi connectivity index (χ2n) is 3.93. The molecule has 0 aromatic carbocycles. The van der Waals surface area contributed by atoms with Crippen molar-refractivity contribution in [1.29, 1.82) is 0 Å². The van der Waals surface area contributed by atoms with E-state index in [1.807, 2.05) is 0 Å². The van der Waals surface area contributed by atoms with Crippen molar-refractivity contribution in [2.45, 2.75) is 57.0 Å². The molecule has 1 aliphatic rings. The summed E-state index contributed by atoms with van der Waals surface area (Å²) in [6, 6.07) is 0. The topological polar surface area (TPSA) is 20.2 Å². The van der Waals surface area contributed by atoms with Crippen LogP contribution in [0.5, 0.6) is 0 Å². The van der Waals surface area contributed by atoms with Gasteiger partial charge < -0.3 is 5.11 Å². The maximum absolute atomic E-state index is 9.99. The fourth-order valence-electron chi connectivity index (χ4n) is 1.90. The lowest BCUT2D eigenvalue weighted by molar-refractivity contribution is 0.0689. The molecule has 1 heteroatoms. The lowest BCUT2D eigenvalue weighted by Crippen LogP contribution is -2.24. The third kappa shape index (κ3) is 2.98. The van der Waals surface area contributed by atoms with Crippen LogP contribution in [0.3, 0.4) is 0 Å². The molecule has 0 radical (unpaired) electrons. The van der Waals surface area contributed by atoms with Crippen LogP contribution in [-0.4, -0.2) is 10.7 Å². The first-order valence-electron chi connectivity index (χ1n) is 5.13. The van der Waals surface area contributed by atoms with Gasteiger partial charge in [-0.05, 0) is 12.8 Å². The van der Waals surface area contributed by atoms with Crippen molar-refractivity contribution in [3.05, 3.63) is 12.7 Å². The van der Waals surface area contributed by atoms with Crippen molar-refractivity contribution < 1.29 is 5.11 Å². The molecule has 12 heavy (non-hydrogen) atoms. The fourth-order valence-corrected chi connectivity index (χ4v) is 1.90. The van der Waals surface area contributed by atoms with E-state index in [-0.39, 0.29) is 0 Å². The van der Waals surface area contributed by atoms with Crippen molar-refractivity contribution >= 4 is 0 Å². The van der Waals surface area contributed by atoms with Gasteiger partial charge in [-0.25, -0.2) is 0 Å². The van der Waals surface area contributed by atoms with E-state index in [4.69, 9.17) is 0 Å². The number of hydrogen-bond donors (Lipinski definition) is 1. The van der Waals surface area contributed by atoms with Crippen LogP contribution in [0, 0.1) is 0 Å². The second kappa shape index (κ2) is 4.66. The first-order valence-corrected chi connectivity index (χ1v) is 5.13. The molecule has 1 N–H and O–H groups in total. The molecule has 0 atom stereocenters. The molecular weight excluding hydrogens is 148 g/mol. The summed E-state index contributed by atoms with van der Waals surface area (Å²) in [4.78, 5) is 0. The predicted molar refractivity (Wildman–Crippen MR) is 52.1 cm³/mol. The highest BCUT2D eigenvalue weighted by Crippen LogP contribution is 2.26. The van der Waals surface area contributed by atoms with E-state index in [1.165, 1.54) is 25.7 Å². The molecule has 0 saturated heterocycles. The van der Waals surface area contributed by atoms with Gasteiger partial charge >= 0.3 is 0 Å². The second-order valence-corrected chi connectivity index (χ2v) is 3.93. The third-order valence-corrected chi connectivity index (χ3v) is 2.85. The minimum absolute atomic E-state index is 0.551. The predicted octanol–water partition coefficient (Wildman–Crippen LogP) is 3.04. The quantitative estimate of drug-likeness (QED) is 0.597. The Balaban J connectivity index is 2.43. The molecule has 0 amide bonds. The Hall–Kier alpha value is -0.300. The fraction of sp³-hybridized carbons (Fsp3) is 0.818. The molecule has 0 bridgehead atoms. The van der Waals surface area contributed by atoms with Gasteiger partial charge in [-0.3, -0.25) is 0 Å². The first-order chi connectivity index (χ1) is 5.77. The summed E-state index contributed by atoms with van der Waals surface area (Å²) in [5.41, 5.74) is -0.551. The molecule has 1 nitrogen and oxygen atoms in total. The molecule has 0 spiro atoms. The van der Waals surface area contributed by atoms with Crippen LogP contribution >= 0.6 is 0 Å². The zero-order chi connectivity index (χ0) is 8.86. The van der Waals surface area contributed by atoms with Crippen molar-refractivity contribution in [2.75, 3.05) is 0 Å². The van der Waals surface area contributed by atoms with E-state index in [2.05, 4.69) is 6.58 Å². The minimum Gasteiger partial charge on any atom is -0.386 e. The van der Waals surface area contributed by atoms with Crippen molar-refractivity contribution in [2.24, 2.45) is 0 Å². The number of aliphatic hydroxyl groups is 1. The maximum Gasteiger partial charge on any atom is 0.0825 e. The molecule has 0 aromatic heterocycles. The Kier molecular flexibility index (Phi) is 3.80. The maximum atomic E-state index is 9.99. The summed E-state index contributed by atoms with van der Waals surface area (Å²) in [6.07, 6.45) is 11.1. The van der Waals surface area contributed by atoms with Gasteiger partial charge in [-0.2, -0.15) is 0 Å². The summed E-state index contributed by atoms with van der Waals surface area (Å²) >= 11 is 0. The van der Waals surface area contributed by atoms with Gasteiger partial charge in [-0.15, -0.1) is 6.58 Å². The lowest BCUT2D eigenvalue weighted by Gasteiger charge is -2.23. The van der Waals surface area contributed by atoms with E-state index in [9.17, 15) is 5.11 Å². The molecule has 0 aromatic rings. The van der Waals surface area contributed by atoms with Crippen molar-refractivity contribution in [1.82, 2.24) is 0 Å². The summed E-state index contributed by atoms with van der Waals surface area (Å²) in [5, 5.41) is 9.99. The minimum atomic E-state index is -0.551. The smallest absolute Gasteiger partial charge is 0.0825 e. The van der Waals surface area contributed by atoms with Crippen LogP contribution in [0.15, 0.2) is 12.7 Å². The summed E-state index contributed by atoms with van der Waals surface area (Å²) in [7, 11) is 0. The SMILES string of the molecule is C=CC1(O)CCCCCCCC1. The standard InChI is InChI=1S/C11H20O/c1-2-11(12)9-7-5-3-4-6-8-10-11/h2,12H,1,3-10H2. The summed E-state index contributed by atoms with van der Waals surface area (Å²) in [6.45, 7) is 3.71. The van der Waals surface area contributed by atoms with E-state index >= 15 is 0 Å². The molecule has 0 aliphatic heterocycles. The highest BCUT2D eigenvalue weighted by molar-refractivity contribution is 4.95. The van der Waals surface area contributed by atoms with Crippen LogP contribution in [0.2, 0.25) is 0 Å². The van der Waals surface area contributed by atoms with Gasteiger partial charge in [0, 0.05) is 0 Å². The number of hydrogen-bond acceptors (Lipinski definition) is 1. The zero-order valence-electron chi connectivity index (χ0n) is 7.89. The van der Waals surface area contributed by atoms with Gasteiger partial charge in [0.05, 0.1) is 5.60 Å². The number of rotatable bonds is 1. The Morgan fingerprint density at radius 1 is 0.917 bits per heavy atom. The van der Waals surface area contributed by atoms with Crippen molar-refractivity contribution in [3.8, 4) is 0 Å². The molecule has 1 rings (SSSR count). The van der Waals surface area contributed by atoms with Crippen LogP contribution in [0.25, 0.3) is 0 Å². The van der Waals surface area contributed by atoms with Gasteiger partial charge in [0.15, 0.2) is 0 Å². The Morgan fingerprint density at radius 3 is 1.75 bits per heavy atom. The van der Waals surface area contributed by atoms with Gasteiger partial charge in [-0.1, -0.05) is 44.6 Å². The Labute approximate surface area is 75.5 Å². The van der Waals surface area contributed by atoms with Crippen LogP contribution in [-0.2, 0) is 0 Å². The van der Waals surface area contributed by atoms with Crippen LogP contribution in [0.1, 0.15) is 51.4 Å². The largest absolute Gasteiger partial charge is 0.386 e. The highest BCUT2D eigenvalue weighted by atomic mass is 16.3. The normalized spacial score (nSPS) is 25.1. The Morgan fingerprint density at radius 2 is 1.33 bits per heavy atom. The van der Waals surface area contributed by atoms with E-state index < -0.39 is 5.60 Å². The molecular formula is C11H20O. The summed E-state index contributed by atoms with van der Waals surface area (Å²) < 4.78 is 0. The van der Waals surface area contributed by atoms with E-state index in [0.29, 0.717) is 0 Å². The monoisotopic (exact) mass is 168 g/mol. The third-order valence-electron chi connectivity index (χ3n) is 2.85. The lowest BCUT2D eigenvalue weighted by atomic mass is 9.92. The zero-order valence-corrected chi connectivity index (χ0v) is 7.89. The van der Waals surface area contributed by atoms with Crippen molar-refractivity contribution in [3.63, 3.8) is 0 Å². The first kappa shape index (κ1) is 9.79. The average Bonchev–Trinajstić information content (AvgIpc) is 2.18. The highest BCUT2D eigenvalue weighted by Gasteiger charge is 2.21. The van der Waals surface area contributed by atoms with Gasteiger partial charge in [0.2, 0.25) is 0 Å². The van der Waals surface area contributed by atoms with E-state index in [1.54, 1.807) is 6.08 Å². The van der Waals surface area contributed by atoms with Crippen LogP contribution < -0.4 is 0 Å². The molecule has 0 unspecified atom stereocenters.